The van der Waals surface area contributed by atoms with E-state index in [1.807, 2.05) is 12.3 Å². The molecule has 3 fully saturated rings. The van der Waals surface area contributed by atoms with Crippen molar-refractivity contribution in [3.63, 3.8) is 0 Å². The van der Waals surface area contributed by atoms with Crippen LogP contribution in [0.15, 0.2) is 66.0 Å². The van der Waals surface area contributed by atoms with Gasteiger partial charge in [-0.1, -0.05) is 56.2 Å². The number of pyridine rings is 1. The summed E-state index contributed by atoms with van der Waals surface area (Å²) in [6.45, 7) is 11.9. The number of benzene rings is 1. The van der Waals surface area contributed by atoms with Crippen LogP contribution >= 0.6 is 0 Å². The molecule has 7 rings (SSSR count). The van der Waals surface area contributed by atoms with Gasteiger partial charge in [0.2, 0.25) is 0 Å². The average molecular weight is 682 g/mol. The van der Waals surface area contributed by atoms with Gasteiger partial charge in [-0.25, -0.2) is 4.39 Å². The fourth-order valence-electron chi connectivity index (χ4n) is 8.05. The number of methoxy groups -OCH3 is 1. The normalized spacial score (nSPS) is 23.7. The van der Waals surface area contributed by atoms with Crippen LogP contribution in [0, 0.1) is 0 Å². The van der Waals surface area contributed by atoms with Gasteiger partial charge in [-0.15, -0.1) is 0 Å². The molecule has 3 unspecified atom stereocenters. The molecule has 4 aliphatic rings. The second-order valence-electron chi connectivity index (χ2n) is 14.3. The van der Waals surface area contributed by atoms with Crippen molar-refractivity contribution >= 4 is 11.4 Å². The number of aromatic nitrogens is 3. The van der Waals surface area contributed by atoms with E-state index in [1.165, 1.54) is 46.4 Å². The van der Waals surface area contributed by atoms with Gasteiger partial charge in [0.05, 0.1) is 25.0 Å². The smallest absolute Gasteiger partial charge is 0.318 e. The molecule has 268 valence electrons. The first-order valence-corrected chi connectivity index (χ1v) is 18.8. The third-order valence-electron chi connectivity index (χ3n) is 10.8. The highest BCUT2D eigenvalue weighted by atomic mass is 19.1. The number of ether oxygens (including phenoxy) is 1. The van der Waals surface area contributed by atoms with Gasteiger partial charge in [0.1, 0.15) is 12.0 Å². The summed E-state index contributed by atoms with van der Waals surface area (Å²) in [5, 5.41) is 3.70. The van der Waals surface area contributed by atoms with Gasteiger partial charge in [0.25, 0.3) is 0 Å². The molecule has 2 aromatic heterocycles. The molecule has 3 aromatic rings. The molecular formula is C41H56FN7O. The van der Waals surface area contributed by atoms with Crippen molar-refractivity contribution in [2.75, 3.05) is 51.8 Å². The lowest BCUT2D eigenvalue weighted by Gasteiger charge is -2.37. The summed E-state index contributed by atoms with van der Waals surface area (Å²) in [6, 6.07) is 16.3. The lowest BCUT2D eigenvalue weighted by Crippen LogP contribution is -2.36. The second kappa shape index (κ2) is 16.9. The fourth-order valence-corrected chi connectivity index (χ4v) is 8.05. The number of hydrogen-bond acceptors (Lipinski definition) is 8. The summed E-state index contributed by atoms with van der Waals surface area (Å²) in [4.78, 5) is 21.7. The standard InChI is InChI=1S/C34H44N6O.C7H12FN/c1-6-13-25-14-8-9-15-27(25)32-21-31-29(23-39(32)4)33(38-34(37-31)41-5)40-19-12-18-35-26(22-40)20-28(24(3)7-2)30-16-10-11-17-36-30;8-6-4-7-2-1-3-9(7)5-6/h8-11,14-17,20,32,35H,6-7,12-13,18-19,21-23H2,1-5H3;6-7H,1-5H2/b26-20-,28-24-;. The molecule has 0 saturated carbocycles. The van der Waals surface area contributed by atoms with Crippen LogP contribution in [-0.2, 0) is 19.4 Å². The molecule has 0 spiro atoms. The van der Waals surface area contributed by atoms with Crippen LogP contribution in [0.1, 0.15) is 93.4 Å². The Morgan fingerprint density at radius 2 is 1.90 bits per heavy atom. The minimum Gasteiger partial charge on any atom is -0.467 e. The van der Waals surface area contributed by atoms with E-state index in [4.69, 9.17) is 14.7 Å². The zero-order valence-corrected chi connectivity index (χ0v) is 30.8. The van der Waals surface area contributed by atoms with Crippen LogP contribution < -0.4 is 15.0 Å². The number of anilines is 1. The van der Waals surface area contributed by atoms with Crippen LogP contribution in [0.4, 0.5) is 10.2 Å². The van der Waals surface area contributed by atoms with Crippen LogP contribution in [0.5, 0.6) is 6.01 Å². The number of fused-ring (bicyclic) bond motifs is 2. The van der Waals surface area contributed by atoms with Gasteiger partial charge >= 0.3 is 6.01 Å². The molecule has 6 heterocycles. The minimum absolute atomic E-state index is 0.280. The van der Waals surface area contributed by atoms with E-state index in [9.17, 15) is 4.39 Å². The molecule has 8 nitrogen and oxygen atoms in total. The molecular weight excluding hydrogens is 625 g/mol. The summed E-state index contributed by atoms with van der Waals surface area (Å²) in [5.74, 6) is 0.990. The number of allylic oxidation sites excluding steroid dienone is 3. The third-order valence-corrected chi connectivity index (χ3v) is 10.8. The zero-order valence-electron chi connectivity index (χ0n) is 30.8. The Hall–Kier alpha value is -3.82. The fraction of sp³-hybridized carbons (Fsp3) is 0.537. The highest BCUT2D eigenvalue weighted by molar-refractivity contribution is 5.75. The monoisotopic (exact) mass is 681 g/mol. The molecule has 0 aliphatic carbocycles. The minimum atomic E-state index is -0.518. The molecule has 50 heavy (non-hydrogen) atoms. The molecule has 3 atom stereocenters. The first kappa shape index (κ1) is 36.0. The van der Waals surface area contributed by atoms with E-state index >= 15 is 0 Å². The van der Waals surface area contributed by atoms with Crippen molar-refractivity contribution in [1.82, 2.24) is 30.1 Å². The van der Waals surface area contributed by atoms with Crippen molar-refractivity contribution in [1.29, 1.82) is 0 Å². The Kier molecular flexibility index (Phi) is 12.2. The molecule has 4 aliphatic heterocycles. The average Bonchev–Trinajstić information content (AvgIpc) is 3.63. The second-order valence-corrected chi connectivity index (χ2v) is 14.3. The van der Waals surface area contributed by atoms with Crippen molar-refractivity contribution in [3.8, 4) is 6.01 Å². The maximum absolute atomic E-state index is 12.6. The lowest BCUT2D eigenvalue weighted by atomic mass is 9.89. The lowest BCUT2D eigenvalue weighted by molar-refractivity contribution is 0.212. The number of aryl methyl sites for hydroxylation is 1. The van der Waals surface area contributed by atoms with Crippen LogP contribution in [0.2, 0.25) is 0 Å². The van der Waals surface area contributed by atoms with Crippen molar-refractivity contribution < 1.29 is 9.13 Å². The molecule has 1 N–H and O–H groups in total. The maximum atomic E-state index is 12.6. The molecule has 1 aromatic carbocycles. The first-order valence-electron chi connectivity index (χ1n) is 18.8. The topological polar surface area (TPSA) is 69.7 Å². The van der Waals surface area contributed by atoms with Crippen molar-refractivity contribution in [3.05, 3.63) is 94.1 Å². The van der Waals surface area contributed by atoms with Crippen molar-refractivity contribution in [2.45, 2.75) is 96.9 Å². The SMILES string of the molecule is CCCc1ccccc1C1Cc2nc(OC)nc(N3CCCN/C(=C\C(=C(/C)CC)c4ccccn4)C3)c2CN1C.FC1CC2CCCN2C1. The van der Waals surface area contributed by atoms with Crippen molar-refractivity contribution in [2.24, 2.45) is 0 Å². The van der Waals surface area contributed by atoms with Crippen LogP contribution in [0.25, 0.3) is 5.57 Å². The number of nitrogens with one attached hydrogen (secondary N) is 1. The number of hydrogen-bond donors (Lipinski definition) is 1. The number of halogens is 1. The van der Waals surface area contributed by atoms with E-state index in [2.05, 4.69) is 95.3 Å². The molecule has 0 bridgehead atoms. The van der Waals surface area contributed by atoms with Gasteiger partial charge in [-0.2, -0.15) is 9.97 Å². The number of nitrogens with zero attached hydrogens (tertiary/aromatic N) is 6. The Morgan fingerprint density at radius 3 is 2.66 bits per heavy atom. The largest absolute Gasteiger partial charge is 0.467 e. The Morgan fingerprint density at radius 1 is 1.06 bits per heavy atom. The summed E-state index contributed by atoms with van der Waals surface area (Å²) < 4.78 is 18.3. The summed E-state index contributed by atoms with van der Waals surface area (Å²) in [7, 11) is 3.90. The van der Waals surface area contributed by atoms with Gasteiger partial charge in [-0.05, 0) is 88.4 Å². The predicted molar refractivity (Wildman–Crippen MR) is 201 cm³/mol. The summed E-state index contributed by atoms with van der Waals surface area (Å²) in [6.07, 6.45) is 12.0. The number of likely N-dealkylation sites (N-methyl/N-ethyl adjacent to an activating group) is 1. The predicted octanol–water partition coefficient (Wildman–Crippen LogP) is 7.32. The van der Waals surface area contributed by atoms with Crippen LogP contribution in [-0.4, -0.2) is 83.8 Å². The number of alkyl halides is 1. The summed E-state index contributed by atoms with van der Waals surface area (Å²) in [5.41, 5.74) is 9.85. The van der Waals surface area contributed by atoms with Gasteiger partial charge in [-0.3, -0.25) is 14.8 Å². The Labute approximate surface area is 298 Å². The molecule has 9 heteroatoms. The molecule has 3 saturated heterocycles. The maximum Gasteiger partial charge on any atom is 0.318 e. The Balaban J connectivity index is 0.000000412. The van der Waals surface area contributed by atoms with E-state index < -0.39 is 6.17 Å². The van der Waals surface area contributed by atoms with Crippen LogP contribution in [0.3, 0.4) is 0 Å². The van der Waals surface area contributed by atoms with Gasteiger partial charge in [0, 0.05) is 67.7 Å². The highest BCUT2D eigenvalue weighted by Gasteiger charge is 2.35. The zero-order chi connectivity index (χ0) is 35.0. The van der Waals surface area contributed by atoms with Gasteiger partial charge in [0.15, 0.2) is 0 Å². The first-order chi connectivity index (χ1) is 24.4. The number of rotatable bonds is 8. The quantitative estimate of drug-likeness (QED) is 0.265. The van der Waals surface area contributed by atoms with E-state index in [0.717, 1.165) is 88.5 Å². The van der Waals surface area contributed by atoms with E-state index in [0.29, 0.717) is 18.6 Å². The van der Waals surface area contributed by atoms with E-state index in [1.54, 1.807) is 7.11 Å². The Bertz CT molecular complexity index is 1630. The molecule has 0 radical (unpaired) electrons. The third kappa shape index (κ3) is 8.37. The molecule has 0 amide bonds. The summed E-state index contributed by atoms with van der Waals surface area (Å²) >= 11 is 0. The van der Waals surface area contributed by atoms with E-state index in [-0.39, 0.29) is 6.04 Å². The van der Waals surface area contributed by atoms with Gasteiger partial charge < -0.3 is 15.0 Å². The highest BCUT2D eigenvalue weighted by Crippen LogP contribution is 2.38.